The average molecular weight is 391 g/mol. The minimum atomic E-state index is -0.180. The number of methoxy groups -OCH3 is 1. The van der Waals surface area contributed by atoms with Crippen molar-refractivity contribution in [3.8, 4) is 17.2 Å². The normalized spacial score (nSPS) is 17.0. The van der Waals surface area contributed by atoms with Gasteiger partial charge >= 0.3 is 0 Å². The van der Waals surface area contributed by atoms with E-state index in [9.17, 15) is 4.79 Å². The van der Waals surface area contributed by atoms with E-state index in [0.717, 1.165) is 42.6 Å². The van der Waals surface area contributed by atoms with E-state index >= 15 is 0 Å². The summed E-state index contributed by atoms with van der Waals surface area (Å²) in [5, 5.41) is 8.52. The molecule has 1 atom stereocenters. The van der Waals surface area contributed by atoms with Gasteiger partial charge in [-0.2, -0.15) is 0 Å². The summed E-state index contributed by atoms with van der Waals surface area (Å²) in [4.78, 5) is 15.1. The third-order valence-corrected chi connectivity index (χ3v) is 5.31. The van der Waals surface area contributed by atoms with E-state index in [1.165, 1.54) is 0 Å². The molecule has 6 nitrogen and oxygen atoms in total. The molecule has 29 heavy (non-hydrogen) atoms. The molecule has 0 saturated carbocycles. The largest absolute Gasteiger partial charge is 0.497 e. The molecule has 0 bridgehead atoms. The highest BCUT2D eigenvalue weighted by atomic mass is 16.5. The molecule has 2 aromatic carbocycles. The lowest BCUT2D eigenvalue weighted by Gasteiger charge is -2.27. The molecule has 1 aliphatic rings. The van der Waals surface area contributed by atoms with Crippen LogP contribution in [0.15, 0.2) is 59.0 Å². The van der Waals surface area contributed by atoms with Crippen molar-refractivity contribution in [2.24, 2.45) is 0 Å². The first-order chi connectivity index (χ1) is 14.2. The Bertz CT molecular complexity index is 955. The molecule has 1 amide bonds. The lowest BCUT2D eigenvalue weighted by molar-refractivity contribution is -0.133. The third kappa shape index (κ3) is 4.47. The summed E-state index contributed by atoms with van der Waals surface area (Å²) in [6.45, 7) is 0.705. The van der Waals surface area contributed by atoms with Crippen molar-refractivity contribution in [2.75, 3.05) is 13.7 Å². The molecular formula is C23H25N3O3. The van der Waals surface area contributed by atoms with Gasteiger partial charge in [0.2, 0.25) is 17.7 Å². The zero-order valence-electron chi connectivity index (χ0n) is 16.6. The van der Waals surface area contributed by atoms with Crippen LogP contribution in [-0.2, 0) is 11.2 Å². The van der Waals surface area contributed by atoms with Crippen LogP contribution >= 0.6 is 0 Å². The van der Waals surface area contributed by atoms with Gasteiger partial charge in [-0.3, -0.25) is 4.79 Å². The van der Waals surface area contributed by atoms with Gasteiger partial charge in [0.1, 0.15) is 11.8 Å². The maximum absolute atomic E-state index is 13.2. The van der Waals surface area contributed by atoms with Crippen LogP contribution in [-0.4, -0.2) is 34.7 Å². The Morgan fingerprint density at radius 3 is 2.79 bits per heavy atom. The quantitative estimate of drug-likeness (QED) is 0.643. The predicted octanol–water partition coefficient (Wildman–Crippen LogP) is 4.43. The summed E-state index contributed by atoms with van der Waals surface area (Å²) in [7, 11) is 1.63. The van der Waals surface area contributed by atoms with E-state index in [0.29, 0.717) is 24.7 Å². The highest BCUT2D eigenvalue weighted by molar-refractivity contribution is 5.79. The van der Waals surface area contributed by atoms with Crippen molar-refractivity contribution in [2.45, 2.75) is 38.1 Å². The molecule has 150 valence electrons. The van der Waals surface area contributed by atoms with Gasteiger partial charge in [-0.05, 0) is 42.7 Å². The third-order valence-electron chi connectivity index (χ3n) is 5.31. The highest BCUT2D eigenvalue weighted by Gasteiger charge is 2.31. The van der Waals surface area contributed by atoms with Crippen LogP contribution in [0.3, 0.4) is 0 Å². The molecular weight excluding hydrogens is 366 g/mol. The van der Waals surface area contributed by atoms with Gasteiger partial charge < -0.3 is 14.1 Å². The second-order valence-corrected chi connectivity index (χ2v) is 7.29. The number of carbonyl (C=O) groups excluding carboxylic acids is 1. The Morgan fingerprint density at radius 1 is 1.10 bits per heavy atom. The van der Waals surface area contributed by atoms with Gasteiger partial charge in [-0.15, -0.1) is 10.2 Å². The number of hydrogen-bond acceptors (Lipinski definition) is 5. The molecule has 2 heterocycles. The van der Waals surface area contributed by atoms with E-state index in [1.807, 2.05) is 59.5 Å². The van der Waals surface area contributed by atoms with Gasteiger partial charge in [0.15, 0.2) is 0 Å². The lowest BCUT2D eigenvalue weighted by Crippen LogP contribution is -2.36. The molecule has 0 aliphatic carbocycles. The summed E-state index contributed by atoms with van der Waals surface area (Å²) in [5.74, 6) is 1.84. The minimum absolute atomic E-state index is 0.0737. The van der Waals surface area contributed by atoms with Crippen molar-refractivity contribution in [1.29, 1.82) is 0 Å². The van der Waals surface area contributed by atoms with Gasteiger partial charge in [-0.1, -0.05) is 43.2 Å². The second kappa shape index (κ2) is 8.90. The Kier molecular flexibility index (Phi) is 5.89. The predicted molar refractivity (Wildman–Crippen MR) is 109 cm³/mol. The summed E-state index contributed by atoms with van der Waals surface area (Å²) in [6, 6.07) is 17.2. The van der Waals surface area contributed by atoms with Crippen LogP contribution in [0.4, 0.5) is 0 Å². The average Bonchev–Trinajstić information content (AvgIpc) is 3.12. The first-order valence-corrected chi connectivity index (χ1v) is 10.1. The standard InChI is InChI=1S/C23H25N3O3/c1-28-19-12-8-9-17(15-19)16-21(27)26-14-7-3-6-13-20(26)23-25-24-22(29-23)18-10-4-2-5-11-18/h2,4-5,8-12,15,20H,3,6-7,13-14,16H2,1H3. The SMILES string of the molecule is COc1cccc(CC(=O)N2CCCCCC2c2nnc(-c3ccccc3)o2)c1. The number of nitrogens with zero attached hydrogens (tertiary/aromatic N) is 3. The summed E-state index contributed by atoms with van der Waals surface area (Å²) in [5.41, 5.74) is 1.82. The second-order valence-electron chi connectivity index (χ2n) is 7.29. The van der Waals surface area contributed by atoms with Crippen molar-refractivity contribution >= 4 is 5.91 Å². The molecule has 1 aliphatic heterocycles. The lowest BCUT2D eigenvalue weighted by atomic mass is 10.1. The first kappa shape index (κ1) is 19.2. The summed E-state index contributed by atoms with van der Waals surface area (Å²) >= 11 is 0. The van der Waals surface area contributed by atoms with Crippen molar-refractivity contribution in [3.05, 3.63) is 66.1 Å². The van der Waals surface area contributed by atoms with Crippen LogP contribution in [0.1, 0.15) is 43.2 Å². The van der Waals surface area contributed by atoms with E-state index < -0.39 is 0 Å². The zero-order valence-corrected chi connectivity index (χ0v) is 16.6. The highest BCUT2D eigenvalue weighted by Crippen LogP contribution is 2.31. The molecule has 0 N–H and O–H groups in total. The molecule has 1 fully saturated rings. The number of benzene rings is 2. The van der Waals surface area contributed by atoms with Crippen LogP contribution < -0.4 is 4.74 Å². The number of hydrogen-bond donors (Lipinski definition) is 0. The Morgan fingerprint density at radius 2 is 1.97 bits per heavy atom. The van der Waals surface area contributed by atoms with Gasteiger partial charge in [0, 0.05) is 12.1 Å². The number of likely N-dealkylation sites (tertiary alicyclic amines) is 1. The zero-order chi connectivity index (χ0) is 20.1. The molecule has 0 spiro atoms. The van der Waals surface area contributed by atoms with Crippen LogP contribution in [0, 0.1) is 0 Å². The van der Waals surface area contributed by atoms with Gasteiger partial charge in [0.25, 0.3) is 0 Å². The summed E-state index contributed by atoms with van der Waals surface area (Å²) < 4.78 is 11.3. The first-order valence-electron chi connectivity index (χ1n) is 10.1. The Balaban J connectivity index is 1.56. The monoisotopic (exact) mass is 391 g/mol. The molecule has 1 saturated heterocycles. The maximum atomic E-state index is 13.2. The Labute approximate surface area is 170 Å². The van der Waals surface area contributed by atoms with Crippen molar-refractivity contribution in [3.63, 3.8) is 0 Å². The maximum Gasteiger partial charge on any atom is 0.247 e. The number of rotatable bonds is 5. The van der Waals surface area contributed by atoms with Crippen molar-refractivity contribution < 1.29 is 13.9 Å². The fraction of sp³-hybridized carbons (Fsp3) is 0.348. The fourth-order valence-corrected chi connectivity index (χ4v) is 3.79. The number of aromatic nitrogens is 2. The molecule has 1 unspecified atom stereocenters. The van der Waals surface area contributed by atoms with Gasteiger partial charge in [0.05, 0.1) is 13.5 Å². The summed E-state index contributed by atoms with van der Waals surface area (Å²) in [6.07, 6.45) is 4.28. The van der Waals surface area contributed by atoms with E-state index in [2.05, 4.69) is 10.2 Å². The molecule has 3 aromatic rings. The molecule has 0 radical (unpaired) electrons. The topological polar surface area (TPSA) is 68.5 Å². The molecule has 4 rings (SSSR count). The van der Waals surface area contributed by atoms with Crippen LogP contribution in [0.25, 0.3) is 11.5 Å². The van der Waals surface area contributed by atoms with Gasteiger partial charge in [-0.25, -0.2) is 0 Å². The number of carbonyl (C=O) groups is 1. The van der Waals surface area contributed by atoms with Crippen molar-refractivity contribution in [1.82, 2.24) is 15.1 Å². The van der Waals surface area contributed by atoms with Crippen LogP contribution in [0.2, 0.25) is 0 Å². The Hall–Kier alpha value is -3.15. The fourth-order valence-electron chi connectivity index (χ4n) is 3.79. The van der Waals surface area contributed by atoms with E-state index in [1.54, 1.807) is 7.11 Å². The minimum Gasteiger partial charge on any atom is -0.497 e. The van der Waals surface area contributed by atoms with E-state index in [4.69, 9.17) is 9.15 Å². The number of amides is 1. The molecule has 1 aromatic heterocycles. The number of ether oxygens (including phenoxy) is 1. The van der Waals surface area contributed by atoms with Crippen LogP contribution in [0.5, 0.6) is 5.75 Å². The van der Waals surface area contributed by atoms with E-state index in [-0.39, 0.29) is 11.9 Å². The smallest absolute Gasteiger partial charge is 0.247 e. The molecule has 6 heteroatoms.